The topological polar surface area (TPSA) is 94.1 Å². The molecule has 242 valence electrons. The molecular weight excluding hydrogens is 677 g/mol. The monoisotopic (exact) mass is 708 g/mol. The van der Waals surface area contributed by atoms with E-state index < -0.39 is 0 Å². The van der Waals surface area contributed by atoms with Crippen molar-refractivity contribution in [2.75, 3.05) is 0 Å². The highest BCUT2D eigenvalue weighted by atomic mass is 32.2. The zero-order valence-electron chi connectivity index (χ0n) is 26.9. The first-order chi connectivity index (χ1) is 23.0. The molecule has 0 atom stereocenters. The minimum Gasteiger partial charge on any atom is -0.288 e. The van der Waals surface area contributed by atoms with Gasteiger partial charge < -0.3 is 0 Å². The second kappa shape index (κ2) is 18.5. The fraction of sp³-hybridized carbons (Fsp3) is 0.211. The van der Waals surface area contributed by atoms with Gasteiger partial charge in [0.1, 0.15) is 0 Å². The lowest BCUT2D eigenvalue weighted by Gasteiger charge is -2.06. The van der Waals surface area contributed by atoms with Crippen LogP contribution in [0.2, 0.25) is 0 Å². The van der Waals surface area contributed by atoms with Gasteiger partial charge in [0.05, 0.1) is 11.4 Å². The first-order valence-electron chi connectivity index (χ1n) is 14.8. The Kier molecular flexibility index (Phi) is 14.2. The number of hydrogen-bond acceptors (Lipinski definition) is 10. The average molecular weight is 709 g/mol. The fourth-order valence-corrected chi connectivity index (χ4v) is 6.42. The number of hydrogen-bond donors (Lipinski definition) is 0. The fourth-order valence-electron chi connectivity index (χ4n) is 4.27. The lowest BCUT2D eigenvalue weighted by molar-refractivity contribution is -0.109. The Bertz CT molecular complexity index is 1740. The highest BCUT2D eigenvalue weighted by molar-refractivity contribution is 8.13. The number of nitrogens with zero attached hydrogens (tertiary/aromatic N) is 2. The van der Waals surface area contributed by atoms with Gasteiger partial charge in [-0.15, -0.1) is 0 Å². The Morgan fingerprint density at radius 2 is 0.750 bits per heavy atom. The van der Waals surface area contributed by atoms with Gasteiger partial charge in [0.2, 0.25) is 0 Å². The minimum atomic E-state index is 0.0497. The Labute approximate surface area is 298 Å². The third-order valence-electron chi connectivity index (χ3n) is 6.37. The van der Waals surface area contributed by atoms with Crippen LogP contribution in [0.15, 0.2) is 73.1 Å². The Hall–Kier alpha value is -4.06. The number of thioether (sulfide) groups is 4. The van der Waals surface area contributed by atoms with Crippen LogP contribution in [0.25, 0.3) is 11.4 Å². The molecule has 0 aliphatic rings. The zero-order valence-corrected chi connectivity index (χ0v) is 30.2. The summed E-state index contributed by atoms with van der Waals surface area (Å²) < 4.78 is 0. The van der Waals surface area contributed by atoms with Crippen molar-refractivity contribution in [2.45, 2.75) is 50.7 Å². The Morgan fingerprint density at radius 3 is 1.00 bits per heavy atom. The second-order valence-corrected chi connectivity index (χ2v) is 15.2. The largest absolute Gasteiger partial charge is 0.288 e. The number of pyridine rings is 2. The SMILES string of the molecule is CC(=O)SCc1cc(C#Cc2ccc(-c3ccc(C#Cc4cc(CSC(C)=O)cc(CSC(C)=O)c4)cn3)nc2)cc(CSC(C)=O)c1. The van der Waals surface area contributed by atoms with Crippen LogP contribution in [-0.2, 0) is 42.2 Å². The van der Waals surface area contributed by atoms with E-state index >= 15 is 0 Å². The molecule has 6 nitrogen and oxygen atoms in total. The van der Waals surface area contributed by atoms with Crippen molar-refractivity contribution in [3.63, 3.8) is 0 Å². The van der Waals surface area contributed by atoms with E-state index in [1.807, 2.05) is 60.7 Å². The van der Waals surface area contributed by atoms with E-state index in [1.165, 1.54) is 47.0 Å². The van der Waals surface area contributed by atoms with Crippen LogP contribution < -0.4 is 0 Å². The van der Waals surface area contributed by atoms with Gasteiger partial charge in [0.15, 0.2) is 20.5 Å². The molecule has 0 amide bonds. The number of benzene rings is 2. The van der Waals surface area contributed by atoms with E-state index in [0.717, 1.165) is 44.5 Å². The molecule has 0 spiro atoms. The van der Waals surface area contributed by atoms with Crippen LogP contribution in [0, 0.1) is 23.7 Å². The molecule has 0 aliphatic carbocycles. The predicted molar refractivity (Wildman–Crippen MR) is 200 cm³/mol. The number of aromatic nitrogens is 2. The summed E-state index contributed by atoms with van der Waals surface area (Å²) in [6.07, 6.45) is 3.41. The third kappa shape index (κ3) is 12.9. The van der Waals surface area contributed by atoms with Gasteiger partial charge in [-0.05, 0) is 70.8 Å². The summed E-state index contributed by atoms with van der Waals surface area (Å²) in [6, 6.07) is 19.4. The maximum atomic E-state index is 11.5. The van der Waals surface area contributed by atoms with Crippen LogP contribution in [0.3, 0.4) is 0 Å². The van der Waals surface area contributed by atoms with E-state index in [2.05, 4.69) is 33.6 Å². The molecule has 0 fully saturated rings. The highest BCUT2D eigenvalue weighted by Gasteiger charge is 2.07. The molecule has 0 unspecified atom stereocenters. The molecule has 0 radical (unpaired) electrons. The molecule has 0 saturated carbocycles. The summed E-state index contributed by atoms with van der Waals surface area (Å²) in [4.78, 5) is 55.1. The van der Waals surface area contributed by atoms with E-state index in [9.17, 15) is 19.2 Å². The summed E-state index contributed by atoms with van der Waals surface area (Å²) in [7, 11) is 0. The number of carbonyl (C=O) groups excluding carboxylic acids is 4. The molecule has 0 saturated heterocycles. The number of carbonyl (C=O) groups is 4. The maximum Gasteiger partial charge on any atom is 0.186 e. The molecular formula is C38H32N2O4S4. The lowest BCUT2D eigenvalue weighted by Crippen LogP contribution is -1.93. The van der Waals surface area contributed by atoms with E-state index in [4.69, 9.17) is 0 Å². The predicted octanol–water partition coefficient (Wildman–Crippen LogP) is 8.06. The van der Waals surface area contributed by atoms with Crippen molar-refractivity contribution in [3.8, 4) is 35.1 Å². The normalized spacial score (nSPS) is 10.3. The molecule has 10 heteroatoms. The quantitative estimate of drug-likeness (QED) is 0.159. The van der Waals surface area contributed by atoms with Crippen molar-refractivity contribution in [1.29, 1.82) is 0 Å². The van der Waals surface area contributed by atoms with Crippen LogP contribution in [0.5, 0.6) is 0 Å². The average Bonchev–Trinajstić information content (AvgIpc) is 3.06. The summed E-state index contributed by atoms with van der Waals surface area (Å²) >= 11 is 4.97. The standard InChI is InChI=1S/C38H32N2O4S4/c1-25(41)45-21-33-13-31(14-34(17-33)22-46-26(2)42)7-5-29-9-11-37(39-19-29)38-12-10-30(20-40-38)6-8-32-15-35(23-47-27(3)43)18-36(16-32)24-48-28(4)44/h9-20H,21-24H2,1-4H3. The van der Waals surface area contributed by atoms with Gasteiger partial charge in [0.25, 0.3) is 0 Å². The summed E-state index contributed by atoms with van der Waals surface area (Å²) in [5, 5.41) is 0.199. The molecule has 4 aromatic rings. The first-order valence-corrected chi connectivity index (χ1v) is 18.7. The highest BCUT2D eigenvalue weighted by Crippen LogP contribution is 2.22. The minimum absolute atomic E-state index is 0.0497. The van der Waals surface area contributed by atoms with Crippen LogP contribution >= 0.6 is 47.0 Å². The molecule has 2 heterocycles. The summed E-state index contributed by atoms with van der Waals surface area (Å²) in [5.74, 6) is 14.9. The molecule has 0 N–H and O–H groups in total. The van der Waals surface area contributed by atoms with Crippen LogP contribution in [0.4, 0.5) is 0 Å². The van der Waals surface area contributed by atoms with Gasteiger partial charge in [-0.25, -0.2) is 0 Å². The smallest absolute Gasteiger partial charge is 0.186 e. The lowest BCUT2D eigenvalue weighted by atomic mass is 10.1. The molecule has 0 aliphatic heterocycles. The van der Waals surface area contributed by atoms with E-state index in [1.54, 1.807) is 40.1 Å². The molecule has 2 aromatic heterocycles. The molecule has 0 bridgehead atoms. The zero-order chi connectivity index (χ0) is 34.5. The molecule has 4 rings (SSSR count). The van der Waals surface area contributed by atoms with Crippen LogP contribution in [0.1, 0.15) is 72.2 Å². The first kappa shape index (κ1) is 36.8. The van der Waals surface area contributed by atoms with Gasteiger partial charge in [0, 0.05) is 85.4 Å². The van der Waals surface area contributed by atoms with Gasteiger partial charge in [-0.2, -0.15) is 0 Å². The summed E-state index contributed by atoms with van der Waals surface area (Å²) in [6.45, 7) is 6.19. The second-order valence-electron chi connectivity index (χ2n) is 10.6. The van der Waals surface area contributed by atoms with Crippen molar-refractivity contribution in [2.24, 2.45) is 0 Å². The van der Waals surface area contributed by atoms with Crippen molar-refractivity contribution < 1.29 is 19.2 Å². The number of rotatable bonds is 9. The molecule has 2 aromatic carbocycles. The van der Waals surface area contributed by atoms with Gasteiger partial charge in [-0.1, -0.05) is 82.9 Å². The van der Waals surface area contributed by atoms with Crippen molar-refractivity contribution in [3.05, 3.63) is 118 Å². The third-order valence-corrected chi connectivity index (χ3v) is 9.90. The van der Waals surface area contributed by atoms with E-state index in [0.29, 0.717) is 34.4 Å². The maximum absolute atomic E-state index is 11.5. The molecule has 48 heavy (non-hydrogen) atoms. The summed E-state index contributed by atoms with van der Waals surface area (Å²) in [5.41, 5.74) is 8.46. The van der Waals surface area contributed by atoms with Crippen molar-refractivity contribution >= 4 is 67.5 Å². The van der Waals surface area contributed by atoms with Crippen LogP contribution in [-0.4, -0.2) is 30.4 Å². The Balaban J connectivity index is 1.47. The van der Waals surface area contributed by atoms with Gasteiger partial charge >= 0.3 is 0 Å². The van der Waals surface area contributed by atoms with Crippen molar-refractivity contribution in [1.82, 2.24) is 9.97 Å². The van der Waals surface area contributed by atoms with Gasteiger partial charge in [-0.3, -0.25) is 29.1 Å². The Morgan fingerprint density at radius 1 is 0.458 bits per heavy atom. The van der Waals surface area contributed by atoms with E-state index in [-0.39, 0.29) is 20.5 Å².